The van der Waals surface area contributed by atoms with E-state index >= 15 is 0 Å². The lowest BCUT2D eigenvalue weighted by molar-refractivity contribution is 0.0938. The fourth-order valence-corrected chi connectivity index (χ4v) is 2.90. The Morgan fingerprint density at radius 2 is 1.92 bits per heavy atom. The molecule has 2 heterocycles. The zero-order chi connectivity index (χ0) is 18.4. The molecule has 1 aromatic carbocycles. The van der Waals surface area contributed by atoms with Crippen molar-refractivity contribution in [3.05, 3.63) is 65.3 Å². The number of benzene rings is 1. The van der Waals surface area contributed by atoms with Gasteiger partial charge < -0.3 is 0 Å². The average Bonchev–Trinajstić information content (AvgIpc) is 3.15. The molecule has 0 spiro atoms. The van der Waals surface area contributed by atoms with Gasteiger partial charge in [0.15, 0.2) is 5.13 Å². The molecule has 0 bridgehead atoms. The topological polar surface area (TPSA) is 96.0 Å². The normalized spacial score (nSPS) is 10.2. The lowest BCUT2D eigenvalue weighted by Crippen LogP contribution is -2.43. The summed E-state index contributed by atoms with van der Waals surface area (Å²) < 4.78 is 0. The number of hydrogen-bond donors (Lipinski definition) is 3. The van der Waals surface area contributed by atoms with E-state index in [0.717, 1.165) is 23.2 Å². The maximum absolute atomic E-state index is 12.0. The molecule has 3 amide bonds. The van der Waals surface area contributed by atoms with E-state index in [9.17, 15) is 9.59 Å². The van der Waals surface area contributed by atoms with Crippen molar-refractivity contribution in [2.45, 2.75) is 13.3 Å². The zero-order valence-electron chi connectivity index (χ0n) is 14.0. The Bertz CT molecular complexity index is 893. The molecule has 3 N–H and O–H groups in total. The van der Waals surface area contributed by atoms with Crippen LogP contribution in [0.1, 0.15) is 22.8 Å². The quantitative estimate of drug-likeness (QED) is 0.617. The fourth-order valence-electron chi connectivity index (χ4n) is 2.18. The van der Waals surface area contributed by atoms with Crippen LogP contribution in [0.2, 0.25) is 0 Å². The molecule has 132 valence electrons. The number of carbonyl (C=O) groups excluding carboxylic acids is 2. The van der Waals surface area contributed by atoms with Gasteiger partial charge in [-0.2, -0.15) is 0 Å². The minimum absolute atomic E-state index is 0.391. The highest BCUT2D eigenvalue weighted by Crippen LogP contribution is 2.23. The van der Waals surface area contributed by atoms with Crippen LogP contribution in [0.25, 0.3) is 11.3 Å². The molecule has 0 radical (unpaired) electrons. The number of nitrogens with zero attached hydrogens (tertiary/aromatic N) is 2. The first kappa shape index (κ1) is 17.6. The van der Waals surface area contributed by atoms with E-state index in [1.54, 1.807) is 24.5 Å². The summed E-state index contributed by atoms with van der Waals surface area (Å²) in [4.78, 5) is 32.3. The summed E-state index contributed by atoms with van der Waals surface area (Å²) in [6.45, 7) is 2.04. The molecule has 3 aromatic rings. The summed E-state index contributed by atoms with van der Waals surface area (Å²) in [5.41, 5.74) is 7.86. The van der Waals surface area contributed by atoms with Crippen molar-refractivity contribution in [1.82, 2.24) is 20.8 Å². The van der Waals surface area contributed by atoms with Crippen LogP contribution in [-0.4, -0.2) is 21.9 Å². The lowest BCUT2D eigenvalue weighted by Gasteiger charge is -2.07. The minimum Gasteiger partial charge on any atom is -0.282 e. The first-order valence-electron chi connectivity index (χ1n) is 7.98. The number of nitrogens with one attached hydrogen (secondary N) is 3. The maximum atomic E-state index is 12.0. The highest BCUT2D eigenvalue weighted by Gasteiger charge is 2.10. The number of anilines is 1. The van der Waals surface area contributed by atoms with E-state index in [1.807, 2.05) is 36.6 Å². The van der Waals surface area contributed by atoms with E-state index < -0.39 is 11.9 Å². The van der Waals surface area contributed by atoms with Crippen LogP contribution in [0, 0.1) is 0 Å². The SMILES string of the molecule is CCc1ccc(C(=O)NNC(=O)Nc2nc(-c3cccnc3)cs2)cc1. The van der Waals surface area contributed by atoms with Gasteiger partial charge in [0.2, 0.25) is 0 Å². The first-order chi connectivity index (χ1) is 12.7. The minimum atomic E-state index is -0.574. The van der Waals surface area contributed by atoms with Crippen LogP contribution in [0.5, 0.6) is 0 Å². The molecule has 0 unspecified atom stereocenters. The van der Waals surface area contributed by atoms with Gasteiger partial charge >= 0.3 is 6.03 Å². The van der Waals surface area contributed by atoms with Gasteiger partial charge in [-0.25, -0.2) is 15.2 Å². The smallest absolute Gasteiger partial charge is 0.282 e. The molecule has 3 rings (SSSR count). The maximum Gasteiger partial charge on any atom is 0.339 e. The molecule has 0 saturated carbocycles. The van der Waals surface area contributed by atoms with Crippen molar-refractivity contribution < 1.29 is 9.59 Å². The number of amides is 3. The third-order valence-electron chi connectivity index (χ3n) is 3.60. The lowest BCUT2D eigenvalue weighted by atomic mass is 10.1. The van der Waals surface area contributed by atoms with E-state index in [4.69, 9.17) is 0 Å². The molecule has 0 atom stereocenters. The van der Waals surface area contributed by atoms with Gasteiger partial charge in [0.05, 0.1) is 5.69 Å². The van der Waals surface area contributed by atoms with Crippen molar-refractivity contribution in [1.29, 1.82) is 0 Å². The van der Waals surface area contributed by atoms with E-state index in [1.165, 1.54) is 11.3 Å². The molecule has 0 saturated heterocycles. The molecule has 0 aliphatic heterocycles. The number of hydrazine groups is 1. The molecule has 0 fully saturated rings. The number of urea groups is 1. The molecule has 0 aliphatic carbocycles. The Hall–Kier alpha value is -3.26. The van der Waals surface area contributed by atoms with Gasteiger partial charge in [0.25, 0.3) is 5.91 Å². The van der Waals surface area contributed by atoms with Crippen LogP contribution in [0.15, 0.2) is 54.2 Å². The molecular formula is C18H17N5O2S. The summed E-state index contributed by atoms with van der Waals surface area (Å²) in [5.74, 6) is -0.391. The summed E-state index contributed by atoms with van der Waals surface area (Å²) >= 11 is 1.28. The highest BCUT2D eigenvalue weighted by atomic mass is 32.1. The van der Waals surface area contributed by atoms with E-state index in [-0.39, 0.29) is 0 Å². The predicted molar refractivity (Wildman–Crippen MR) is 101 cm³/mol. The molecule has 7 nitrogen and oxygen atoms in total. The third-order valence-corrected chi connectivity index (χ3v) is 4.35. The van der Waals surface area contributed by atoms with Gasteiger partial charge in [-0.15, -0.1) is 11.3 Å². The number of hydrogen-bond acceptors (Lipinski definition) is 5. The predicted octanol–water partition coefficient (Wildman–Crippen LogP) is 3.23. The van der Waals surface area contributed by atoms with Crippen LogP contribution in [0.3, 0.4) is 0 Å². The second kappa shape index (κ2) is 8.21. The number of carbonyl (C=O) groups is 2. The Morgan fingerprint density at radius 3 is 2.62 bits per heavy atom. The van der Waals surface area contributed by atoms with Crippen molar-refractivity contribution >= 4 is 28.4 Å². The van der Waals surface area contributed by atoms with Crippen LogP contribution in [0.4, 0.5) is 9.93 Å². The van der Waals surface area contributed by atoms with Crippen molar-refractivity contribution in [2.24, 2.45) is 0 Å². The van der Waals surface area contributed by atoms with Crippen LogP contribution < -0.4 is 16.2 Å². The number of rotatable bonds is 4. The first-order valence-corrected chi connectivity index (χ1v) is 8.86. The fraction of sp³-hybridized carbons (Fsp3) is 0.111. The van der Waals surface area contributed by atoms with Gasteiger partial charge in [-0.3, -0.25) is 20.5 Å². The van der Waals surface area contributed by atoms with Gasteiger partial charge in [-0.05, 0) is 36.2 Å². The average molecular weight is 367 g/mol. The summed E-state index contributed by atoms with van der Waals surface area (Å²) in [6.07, 6.45) is 4.28. The van der Waals surface area contributed by atoms with Gasteiger partial charge in [0.1, 0.15) is 0 Å². The highest BCUT2D eigenvalue weighted by molar-refractivity contribution is 7.14. The second-order valence-electron chi connectivity index (χ2n) is 5.36. The summed E-state index contributed by atoms with van der Waals surface area (Å²) in [6, 6.07) is 10.3. The van der Waals surface area contributed by atoms with Crippen LogP contribution in [-0.2, 0) is 6.42 Å². The zero-order valence-corrected chi connectivity index (χ0v) is 14.8. The van der Waals surface area contributed by atoms with Crippen molar-refractivity contribution in [2.75, 3.05) is 5.32 Å². The van der Waals surface area contributed by atoms with Crippen molar-refractivity contribution in [3.63, 3.8) is 0 Å². The largest absolute Gasteiger partial charge is 0.339 e. The van der Waals surface area contributed by atoms with E-state index in [2.05, 4.69) is 26.1 Å². The number of aryl methyl sites for hydroxylation is 1. The Kier molecular flexibility index (Phi) is 5.55. The van der Waals surface area contributed by atoms with Crippen LogP contribution >= 0.6 is 11.3 Å². The number of pyridine rings is 1. The number of thiazole rings is 1. The Balaban J connectivity index is 1.52. The second-order valence-corrected chi connectivity index (χ2v) is 6.22. The molecule has 2 aromatic heterocycles. The van der Waals surface area contributed by atoms with Gasteiger partial charge in [-0.1, -0.05) is 19.1 Å². The molecular weight excluding hydrogens is 350 g/mol. The molecule has 26 heavy (non-hydrogen) atoms. The molecule has 8 heteroatoms. The molecule has 0 aliphatic rings. The van der Waals surface area contributed by atoms with Gasteiger partial charge in [0, 0.05) is 28.9 Å². The Labute approximate surface area is 154 Å². The summed E-state index contributed by atoms with van der Waals surface area (Å²) in [5, 5.41) is 4.82. The monoisotopic (exact) mass is 367 g/mol. The van der Waals surface area contributed by atoms with E-state index in [0.29, 0.717) is 10.7 Å². The van der Waals surface area contributed by atoms with Crippen molar-refractivity contribution in [3.8, 4) is 11.3 Å². The Morgan fingerprint density at radius 1 is 1.12 bits per heavy atom. The standard InChI is InChI=1S/C18H17N5O2S/c1-2-12-5-7-13(8-6-12)16(24)22-23-17(25)21-18-20-15(11-26-18)14-4-3-9-19-10-14/h3-11H,2H2,1H3,(H,22,24)(H2,20,21,23,25). The third kappa shape index (κ3) is 4.42. The number of aromatic nitrogens is 2. The summed E-state index contributed by atoms with van der Waals surface area (Å²) in [7, 11) is 0.